The SMILES string of the molecule is O=C(O)[C@H]1CC=CC[C@H]1C(=O)Nc1ccc2nc(C3CC3)sc2c1. The lowest BCUT2D eigenvalue weighted by Gasteiger charge is -2.24. The maximum atomic E-state index is 12.5. The van der Waals surface area contributed by atoms with E-state index < -0.39 is 17.8 Å². The summed E-state index contributed by atoms with van der Waals surface area (Å²) in [5.74, 6) is -1.69. The van der Waals surface area contributed by atoms with Crippen LogP contribution >= 0.6 is 11.3 Å². The van der Waals surface area contributed by atoms with Crippen LogP contribution < -0.4 is 5.32 Å². The van der Waals surface area contributed by atoms with Crippen LogP contribution in [0.25, 0.3) is 10.2 Å². The Bertz CT molecular complexity index is 838. The molecule has 1 heterocycles. The summed E-state index contributed by atoms with van der Waals surface area (Å²) in [5, 5.41) is 13.4. The van der Waals surface area contributed by atoms with Gasteiger partial charge in [0.15, 0.2) is 0 Å². The standard InChI is InChI=1S/C18H18N2O3S/c21-16(12-3-1-2-4-13(12)18(22)23)19-11-7-8-14-15(9-11)24-17(20-14)10-5-6-10/h1-2,7-10,12-13H,3-6H2,(H,19,21)(H,22,23)/t12-,13+/m1/s1. The second kappa shape index (κ2) is 6.02. The number of aliphatic carboxylic acids is 1. The zero-order valence-electron chi connectivity index (χ0n) is 13.1. The molecule has 0 unspecified atom stereocenters. The van der Waals surface area contributed by atoms with Crippen LogP contribution in [0, 0.1) is 11.8 Å². The van der Waals surface area contributed by atoms with Crippen molar-refractivity contribution in [3.8, 4) is 0 Å². The molecule has 2 aliphatic rings. The quantitative estimate of drug-likeness (QED) is 0.829. The Morgan fingerprint density at radius 3 is 2.62 bits per heavy atom. The molecule has 24 heavy (non-hydrogen) atoms. The molecule has 0 radical (unpaired) electrons. The number of amides is 1. The van der Waals surface area contributed by atoms with Crippen LogP contribution in [0.3, 0.4) is 0 Å². The first-order valence-corrected chi connectivity index (χ1v) is 9.02. The molecular weight excluding hydrogens is 324 g/mol. The fourth-order valence-electron chi connectivity index (χ4n) is 3.14. The number of nitrogens with zero attached hydrogens (tertiary/aromatic N) is 1. The number of carboxylic acid groups (broad SMARTS) is 1. The van der Waals surface area contributed by atoms with Crippen molar-refractivity contribution in [3.63, 3.8) is 0 Å². The first kappa shape index (κ1) is 15.3. The van der Waals surface area contributed by atoms with E-state index in [4.69, 9.17) is 0 Å². The predicted molar refractivity (Wildman–Crippen MR) is 93.2 cm³/mol. The maximum absolute atomic E-state index is 12.5. The van der Waals surface area contributed by atoms with Gasteiger partial charge in [0.2, 0.25) is 5.91 Å². The first-order chi connectivity index (χ1) is 11.6. The van der Waals surface area contributed by atoms with Crippen LogP contribution in [0.15, 0.2) is 30.4 Å². The Kier molecular flexibility index (Phi) is 3.84. The summed E-state index contributed by atoms with van der Waals surface area (Å²) in [6.07, 6.45) is 7.04. The monoisotopic (exact) mass is 342 g/mol. The summed E-state index contributed by atoms with van der Waals surface area (Å²) < 4.78 is 1.06. The molecule has 1 fully saturated rings. The molecule has 4 rings (SSSR count). The van der Waals surface area contributed by atoms with Gasteiger partial charge < -0.3 is 10.4 Å². The molecule has 0 bridgehead atoms. The minimum atomic E-state index is -0.911. The van der Waals surface area contributed by atoms with Gasteiger partial charge in [0, 0.05) is 11.6 Å². The number of carbonyl (C=O) groups is 2. The number of allylic oxidation sites excluding steroid dienone is 2. The Labute approximate surface area is 143 Å². The average molecular weight is 342 g/mol. The number of carboxylic acids is 1. The van der Waals surface area contributed by atoms with E-state index in [0.717, 1.165) is 10.2 Å². The lowest BCUT2D eigenvalue weighted by molar-refractivity contribution is -0.146. The molecule has 0 saturated heterocycles. The van der Waals surface area contributed by atoms with Crippen LogP contribution in [0.4, 0.5) is 5.69 Å². The number of hydrogen-bond acceptors (Lipinski definition) is 4. The van der Waals surface area contributed by atoms with Crippen molar-refractivity contribution >= 4 is 39.1 Å². The molecule has 2 N–H and O–H groups in total. The molecule has 1 amide bonds. The summed E-state index contributed by atoms with van der Waals surface area (Å²) in [6.45, 7) is 0. The van der Waals surface area contributed by atoms with Crippen molar-refractivity contribution in [2.45, 2.75) is 31.6 Å². The second-order valence-electron chi connectivity index (χ2n) is 6.49. The van der Waals surface area contributed by atoms with Gasteiger partial charge in [-0.2, -0.15) is 0 Å². The molecular formula is C18H18N2O3S. The van der Waals surface area contributed by atoms with Gasteiger partial charge in [0.05, 0.1) is 27.1 Å². The van der Waals surface area contributed by atoms with E-state index in [0.29, 0.717) is 24.4 Å². The number of rotatable bonds is 4. The van der Waals surface area contributed by atoms with E-state index in [1.165, 1.54) is 17.8 Å². The van der Waals surface area contributed by atoms with Gasteiger partial charge in [-0.1, -0.05) is 12.2 Å². The van der Waals surface area contributed by atoms with E-state index in [-0.39, 0.29) is 5.91 Å². The molecule has 0 aliphatic heterocycles. The molecule has 2 aliphatic carbocycles. The summed E-state index contributed by atoms with van der Waals surface area (Å²) in [5.41, 5.74) is 1.67. The third kappa shape index (κ3) is 2.94. The summed E-state index contributed by atoms with van der Waals surface area (Å²) >= 11 is 1.68. The summed E-state index contributed by atoms with van der Waals surface area (Å²) in [4.78, 5) is 28.5. The van der Waals surface area contributed by atoms with Gasteiger partial charge in [-0.25, -0.2) is 4.98 Å². The fraction of sp³-hybridized carbons (Fsp3) is 0.389. The third-order valence-corrected chi connectivity index (χ3v) is 5.87. The molecule has 1 saturated carbocycles. The smallest absolute Gasteiger partial charge is 0.307 e. The van der Waals surface area contributed by atoms with Crippen molar-refractivity contribution in [1.29, 1.82) is 0 Å². The van der Waals surface area contributed by atoms with E-state index in [9.17, 15) is 14.7 Å². The predicted octanol–water partition coefficient (Wildman–Crippen LogP) is 3.78. The normalized spacial score (nSPS) is 23.3. The van der Waals surface area contributed by atoms with E-state index >= 15 is 0 Å². The van der Waals surface area contributed by atoms with Gasteiger partial charge in [-0.15, -0.1) is 11.3 Å². The van der Waals surface area contributed by atoms with Crippen LogP contribution in [-0.2, 0) is 9.59 Å². The van der Waals surface area contributed by atoms with Gasteiger partial charge in [0.1, 0.15) is 0 Å². The Hall–Kier alpha value is -2.21. The van der Waals surface area contributed by atoms with Crippen molar-refractivity contribution in [3.05, 3.63) is 35.4 Å². The van der Waals surface area contributed by atoms with Crippen molar-refractivity contribution < 1.29 is 14.7 Å². The summed E-state index contributed by atoms with van der Waals surface area (Å²) in [7, 11) is 0. The summed E-state index contributed by atoms with van der Waals surface area (Å²) in [6, 6.07) is 5.69. The highest BCUT2D eigenvalue weighted by molar-refractivity contribution is 7.18. The van der Waals surface area contributed by atoms with E-state index in [2.05, 4.69) is 10.3 Å². The van der Waals surface area contributed by atoms with Gasteiger partial charge in [-0.3, -0.25) is 9.59 Å². The highest BCUT2D eigenvalue weighted by Crippen LogP contribution is 2.43. The number of fused-ring (bicyclic) bond motifs is 1. The molecule has 1 aromatic heterocycles. The molecule has 124 valence electrons. The van der Waals surface area contributed by atoms with Crippen LogP contribution in [0.5, 0.6) is 0 Å². The fourth-order valence-corrected chi connectivity index (χ4v) is 4.31. The highest BCUT2D eigenvalue weighted by atomic mass is 32.1. The molecule has 0 spiro atoms. The number of carbonyl (C=O) groups excluding carboxylic acids is 1. The van der Waals surface area contributed by atoms with Crippen LogP contribution in [0.1, 0.15) is 36.6 Å². The van der Waals surface area contributed by atoms with E-state index in [1.807, 2.05) is 30.4 Å². The number of aromatic nitrogens is 1. The zero-order valence-corrected chi connectivity index (χ0v) is 13.9. The number of anilines is 1. The van der Waals surface area contributed by atoms with Crippen molar-refractivity contribution in [1.82, 2.24) is 4.98 Å². The number of thiazole rings is 1. The first-order valence-electron chi connectivity index (χ1n) is 8.21. The highest BCUT2D eigenvalue weighted by Gasteiger charge is 2.34. The van der Waals surface area contributed by atoms with Crippen LogP contribution in [-0.4, -0.2) is 22.0 Å². The molecule has 2 atom stereocenters. The third-order valence-electron chi connectivity index (χ3n) is 4.69. The molecule has 6 heteroatoms. The minimum Gasteiger partial charge on any atom is -0.481 e. The topological polar surface area (TPSA) is 79.3 Å². The Balaban J connectivity index is 1.53. The van der Waals surface area contributed by atoms with Gasteiger partial charge in [0.25, 0.3) is 0 Å². The largest absolute Gasteiger partial charge is 0.481 e. The molecule has 1 aromatic carbocycles. The zero-order chi connectivity index (χ0) is 16.7. The second-order valence-corrected chi connectivity index (χ2v) is 7.55. The lowest BCUT2D eigenvalue weighted by Crippen LogP contribution is -2.34. The number of benzene rings is 1. The Morgan fingerprint density at radius 2 is 1.92 bits per heavy atom. The molecule has 2 aromatic rings. The molecule has 5 nitrogen and oxygen atoms in total. The average Bonchev–Trinajstić information content (AvgIpc) is 3.34. The van der Waals surface area contributed by atoms with Crippen molar-refractivity contribution in [2.75, 3.05) is 5.32 Å². The van der Waals surface area contributed by atoms with Gasteiger partial charge in [-0.05, 0) is 43.9 Å². The maximum Gasteiger partial charge on any atom is 0.307 e. The van der Waals surface area contributed by atoms with Crippen LogP contribution in [0.2, 0.25) is 0 Å². The number of nitrogens with one attached hydrogen (secondary N) is 1. The number of hydrogen-bond donors (Lipinski definition) is 2. The van der Waals surface area contributed by atoms with Gasteiger partial charge >= 0.3 is 5.97 Å². The minimum absolute atomic E-state index is 0.224. The lowest BCUT2D eigenvalue weighted by atomic mass is 9.82. The Morgan fingerprint density at radius 1 is 1.17 bits per heavy atom. The van der Waals surface area contributed by atoms with E-state index in [1.54, 1.807) is 11.3 Å². The van der Waals surface area contributed by atoms with Crippen molar-refractivity contribution in [2.24, 2.45) is 11.8 Å².